The Labute approximate surface area is 190 Å². The fourth-order valence-electron chi connectivity index (χ4n) is 3.15. The Hall–Kier alpha value is -4.00. The predicted octanol–water partition coefficient (Wildman–Crippen LogP) is 3.95. The number of hydrogen-bond acceptors (Lipinski definition) is 5. The number of halogens is 4. The minimum atomic E-state index is -3.47. The molecule has 0 aliphatic carbocycles. The number of anilines is 3. The van der Waals surface area contributed by atoms with E-state index in [-0.39, 0.29) is 38.5 Å². The fraction of sp³-hybridized carbons (Fsp3) is 0.0952. The van der Waals surface area contributed by atoms with Gasteiger partial charge in [0.1, 0.15) is 23.1 Å². The number of thiol groups is 1. The average Bonchev–Trinajstić information content (AvgIpc) is 3.35. The van der Waals surface area contributed by atoms with E-state index in [0.717, 1.165) is 24.4 Å². The molecule has 0 spiro atoms. The first kappa shape index (κ1) is 23.2. The van der Waals surface area contributed by atoms with Gasteiger partial charge in [0.15, 0.2) is 5.82 Å². The van der Waals surface area contributed by atoms with Crippen LogP contribution in [0.3, 0.4) is 0 Å². The maximum absolute atomic E-state index is 15.0. The van der Waals surface area contributed by atoms with Gasteiger partial charge in [-0.05, 0) is 42.5 Å². The predicted molar refractivity (Wildman–Crippen MR) is 116 cm³/mol. The molecule has 2 heterocycles. The number of nitrogens with zero attached hydrogens (tertiary/aromatic N) is 1. The summed E-state index contributed by atoms with van der Waals surface area (Å²) in [7, 11) is -3.47. The van der Waals surface area contributed by atoms with Crippen molar-refractivity contribution < 1.29 is 36.1 Å². The molecule has 0 saturated carbocycles. The van der Waals surface area contributed by atoms with E-state index in [1.54, 1.807) is 0 Å². The van der Waals surface area contributed by atoms with Crippen LogP contribution in [0.2, 0.25) is 0 Å². The molecule has 1 aliphatic heterocycles. The highest BCUT2D eigenvalue weighted by Gasteiger charge is 2.41. The Morgan fingerprint density at radius 2 is 1.79 bits per heavy atom. The normalized spacial score (nSPS) is 14.1. The van der Waals surface area contributed by atoms with E-state index in [1.165, 1.54) is 31.2 Å². The van der Waals surface area contributed by atoms with Crippen LogP contribution in [0.25, 0.3) is 0 Å². The number of nitrogens with one attached hydrogen (secondary N) is 3. The summed E-state index contributed by atoms with van der Waals surface area (Å²) in [5.41, 5.74) is -1.20. The maximum Gasteiger partial charge on any atom is 0.387 e. The van der Waals surface area contributed by atoms with Crippen molar-refractivity contribution in [1.29, 1.82) is 0 Å². The van der Waals surface area contributed by atoms with Crippen molar-refractivity contribution >= 4 is 39.1 Å². The largest absolute Gasteiger partial charge is 0.435 e. The summed E-state index contributed by atoms with van der Waals surface area (Å²) < 4.78 is 73.9. The quantitative estimate of drug-likeness (QED) is 0.225. The van der Waals surface area contributed by atoms with Gasteiger partial charge in [-0.2, -0.15) is 8.78 Å². The molecule has 0 bridgehead atoms. The van der Waals surface area contributed by atoms with Crippen LogP contribution in [0.1, 0.15) is 17.3 Å². The van der Waals surface area contributed by atoms with Gasteiger partial charge < -0.3 is 20.1 Å². The van der Waals surface area contributed by atoms with E-state index in [0.29, 0.717) is 0 Å². The minimum Gasteiger partial charge on any atom is -0.435 e. The summed E-state index contributed by atoms with van der Waals surface area (Å²) in [6.07, 6.45) is 1.11. The van der Waals surface area contributed by atoms with Gasteiger partial charge in [-0.1, -0.05) is 0 Å². The highest BCUT2D eigenvalue weighted by atomic mass is 32.3. The van der Waals surface area contributed by atoms with Gasteiger partial charge in [-0.3, -0.25) is 13.8 Å². The molecule has 13 heteroatoms. The molecule has 1 aliphatic rings. The second-order valence-electron chi connectivity index (χ2n) is 7.10. The number of benzene rings is 2. The first-order chi connectivity index (χ1) is 16.1. The zero-order valence-corrected chi connectivity index (χ0v) is 18.1. The topological polar surface area (TPSA) is 109 Å². The highest BCUT2D eigenvalue weighted by molar-refractivity contribution is 8.09. The Kier molecular flexibility index (Phi) is 5.96. The van der Waals surface area contributed by atoms with Gasteiger partial charge in [0.05, 0.1) is 21.0 Å². The Bertz CT molecular complexity index is 1350. The summed E-state index contributed by atoms with van der Waals surface area (Å²) in [5, 5.41) is 4.52. The summed E-state index contributed by atoms with van der Waals surface area (Å²) in [4.78, 5) is 27.8. The lowest BCUT2D eigenvalue weighted by Crippen LogP contribution is -2.17. The van der Waals surface area contributed by atoms with Crippen molar-refractivity contribution in [2.75, 3.05) is 15.4 Å². The highest BCUT2D eigenvalue weighted by Crippen LogP contribution is 2.49. The van der Waals surface area contributed by atoms with Crippen LogP contribution in [0, 0.1) is 11.6 Å². The van der Waals surface area contributed by atoms with E-state index in [9.17, 15) is 27.0 Å². The number of carbonyl (C=O) groups is 2. The molecule has 4 rings (SSSR count). The molecular weight excluding hydrogens is 480 g/mol. The molecular formula is C21H16F4N4O4S. The molecule has 0 radical (unpaired) electrons. The lowest BCUT2D eigenvalue weighted by atomic mass is 10.2. The molecule has 0 atom stereocenters. The summed E-state index contributed by atoms with van der Waals surface area (Å²) in [6, 6.07) is 8.15. The minimum absolute atomic E-state index is 0.0415. The maximum atomic E-state index is 15.0. The third-order valence-electron chi connectivity index (χ3n) is 4.74. The molecule has 0 unspecified atom stereocenters. The SMILES string of the molecule is CC(=O)Nc1ccc(C(=O)Nc2c(F)ccc(N[SH]3(=O)c4ccc(OC(F)F)cc43)c2F)cn1. The van der Waals surface area contributed by atoms with Crippen molar-refractivity contribution in [1.82, 2.24) is 4.98 Å². The van der Waals surface area contributed by atoms with Gasteiger partial charge in [0.25, 0.3) is 5.91 Å². The number of alkyl halides is 2. The standard InChI is InChI=1S/C21H16F4N4O4S/c1-10(30)27-17-7-2-11(9-26-17)20(31)28-19-13(22)4-5-14(18(19)23)29-34(32)15-6-3-12(8-16(15)34)33-21(24)25/h2-9,21,34H,1H3,(H,28,31)(H,29,32)(H,26,27,30). The van der Waals surface area contributed by atoms with E-state index in [1.807, 2.05) is 0 Å². The van der Waals surface area contributed by atoms with Gasteiger partial charge in [-0.15, -0.1) is 0 Å². The molecule has 8 nitrogen and oxygen atoms in total. The van der Waals surface area contributed by atoms with E-state index < -0.39 is 40.0 Å². The van der Waals surface area contributed by atoms with Crippen LogP contribution >= 0.6 is 0 Å². The van der Waals surface area contributed by atoms with Crippen LogP contribution in [-0.2, 0) is 14.9 Å². The number of rotatable bonds is 7. The van der Waals surface area contributed by atoms with Gasteiger partial charge >= 0.3 is 6.61 Å². The Balaban J connectivity index is 1.52. The average molecular weight is 496 g/mol. The van der Waals surface area contributed by atoms with Crippen LogP contribution in [0.4, 0.5) is 34.8 Å². The van der Waals surface area contributed by atoms with Crippen LogP contribution in [0.15, 0.2) is 58.5 Å². The van der Waals surface area contributed by atoms with E-state index in [4.69, 9.17) is 0 Å². The summed E-state index contributed by atoms with van der Waals surface area (Å²) in [5.74, 6) is -3.58. The number of carbonyl (C=O) groups excluding carboxylic acids is 2. The second kappa shape index (κ2) is 8.74. The molecule has 2 amide bonds. The van der Waals surface area contributed by atoms with Crippen molar-refractivity contribution in [3.8, 4) is 5.75 Å². The zero-order chi connectivity index (χ0) is 24.6. The van der Waals surface area contributed by atoms with Gasteiger partial charge in [-0.25, -0.2) is 13.8 Å². The Morgan fingerprint density at radius 3 is 2.44 bits per heavy atom. The van der Waals surface area contributed by atoms with Crippen LogP contribution in [-0.4, -0.2) is 27.6 Å². The van der Waals surface area contributed by atoms with Crippen molar-refractivity contribution in [2.45, 2.75) is 23.3 Å². The molecule has 0 fully saturated rings. The fourth-order valence-corrected chi connectivity index (χ4v) is 5.44. The van der Waals surface area contributed by atoms with Gasteiger partial charge in [0, 0.05) is 23.2 Å². The summed E-state index contributed by atoms with van der Waals surface area (Å²) >= 11 is 0. The molecule has 1 aromatic heterocycles. The van der Waals surface area contributed by atoms with E-state index >= 15 is 4.39 Å². The van der Waals surface area contributed by atoms with Crippen molar-refractivity contribution in [2.24, 2.45) is 0 Å². The zero-order valence-electron chi connectivity index (χ0n) is 17.2. The van der Waals surface area contributed by atoms with Gasteiger partial charge in [0.2, 0.25) is 5.91 Å². The lowest BCUT2D eigenvalue weighted by molar-refractivity contribution is -0.114. The Morgan fingerprint density at radius 1 is 1.03 bits per heavy atom. The van der Waals surface area contributed by atoms with Crippen LogP contribution in [0.5, 0.6) is 5.75 Å². The first-order valence-corrected chi connectivity index (χ1v) is 11.3. The summed E-state index contributed by atoms with van der Waals surface area (Å²) in [6.45, 7) is -1.79. The van der Waals surface area contributed by atoms with Crippen LogP contribution < -0.4 is 20.1 Å². The second-order valence-corrected chi connectivity index (χ2v) is 9.51. The molecule has 3 aromatic rings. The first-order valence-electron chi connectivity index (χ1n) is 9.60. The molecule has 34 heavy (non-hydrogen) atoms. The molecule has 3 N–H and O–H groups in total. The third-order valence-corrected chi connectivity index (χ3v) is 7.19. The molecule has 0 saturated heterocycles. The number of aromatic nitrogens is 1. The van der Waals surface area contributed by atoms with Crippen molar-refractivity contribution in [3.63, 3.8) is 0 Å². The van der Waals surface area contributed by atoms with Crippen molar-refractivity contribution in [3.05, 3.63) is 65.9 Å². The monoisotopic (exact) mass is 496 g/mol. The number of fused-ring (bicyclic) bond motifs is 1. The lowest BCUT2D eigenvalue weighted by Gasteiger charge is -2.14. The number of pyridine rings is 1. The smallest absolute Gasteiger partial charge is 0.387 e. The third kappa shape index (κ3) is 4.55. The molecule has 178 valence electrons. The van der Waals surface area contributed by atoms with E-state index in [2.05, 4.69) is 25.1 Å². The molecule has 2 aromatic carbocycles. The number of hydrogen-bond donors (Lipinski definition) is 4. The number of amides is 2. The number of ether oxygens (including phenoxy) is 1.